The predicted molar refractivity (Wildman–Crippen MR) is 86.1 cm³/mol. The van der Waals surface area contributed by atoms with E-state index in [1.165, 1.54) is 0 Å². The first-order valence-corrected chi connectivity index (χ1v) is 8.43. The summed E-state index contributed by atoms with van der Waals surface area (Å²) in [5.41, 5.74) is 0.185. The molecule has 1 amide bonds. The Bertz CT molecular complexity index is 406. The number of aliphatic hydroxyl groups is 1. The van der Waals surface area contributed by atoms with Gasteiger partial charge < -0.3 is 10.4 Å². The smallest absolute Gasteiger partial charge is 0.227 e. The van der Waals surface area contributed by atoms with Crippen LogP contribution in [0.2, 0.25) is 0 Å². The predicted octanol–water partition coefficient (Wildman–Crippen LogP) is 2.80. The molecule has 2 N–H and O–H groups in total. The Morgan fingerprint density at radius 3 is 2.60 bits per heavy atom. The first-order valence-electron chi connectivity index (χ1n) is 7.04. The molecule has 0 saturated carbocycles. The second-order valence-electron chi connectivity index (χ2n) is 5.33. The number of benzene rings is 1. The summed E-state index contributed by atoms with van der Waals surface area (Å²) in [6.45, 7) is 4.08. The molecule has 1 aromatic rings. The molecule has 2 unspecified atom stereocenters. The standard InChI is InChI=1S/C16H25NO2S/c1-4-14(13-8-6-5-7-9-13)15(18)17-12-16(2,19)10-11-20-3/h5-9,14,19H,4,10-12H2,1-3H3,(H,17,18). The molecule has 0 aliphatic rings. The van der Waals surface area contributed by atoms with Crippen molar-refractivity contribution in [1.82, 2.24) is 5.32 Å². The van der Waals surface area contributed by atoms with Gasteiger partial charge in [-0.05, 0) is 37.3 Å². The minimum atomic E-state index is -0.840. The lowest BCUT2D eigenvalue weighted by molar-refractivity contribution is -0.123. The molecule has 4 heteroatoms. The molecule has 112 valence electrons. The zero-order valence-corrected chi connectivity index (χ0v) is 13.4. The monoisotopic (exact) mass is 295 g/mol. The maximum Gasteiger partial charge on any atom is 0.227 e. The molecular weight excluding hydrogens is 270 g/mol. The highest BCUT2D eigenvalue weighted by atomic mass is 32.2. The van der Waals surface area contributed by atoms with E-state index in [-0.39, 0.29) is 11.8 Å². The van der Waals surface area contributed by atoms with Gasteiger partial charge in [-0.1, -0.05) is 37.3 Å². The Morgan fingerprint density at radius 1 is 1.40 bits per heavy atom. The van der Waals surface area contributed by atoms with Crippen LogP contribution in [0.5, 0.6) is 0 Å². The number of amides is 1. The van der Waals surface area contributed by atoms with Crippen LogP contribution in [-0.2, 0) is 4.79 Å². The molecular formula is C16H25NO2S. The van der Waals surface area contributed by atoms with Crippen molar-refractivity contribution >= 4 is 17.7 Å². The Morgan fingerprint density at radius 2 is 2.05 bits per heavy atom. The van der Waals surface area contributed by atoms with E-state index in [0.717, 1.165) is 17.7 Å². The third-order valence-corrected chi connectivity index (χ3v) is 4.03. The average Bonchev–Trinajstić information content (AvgIpc) is 2.45. The molecule has 0 spiro atoms. The molecule has 2 atom stereocenters. The van der Waals surface area contributed by atoms with Crippen LogP contribution in [0, 0.1) is 0 Å². The van der Waals surface area contributed by atoms with Gasteiger partial charge >= 0.3 is 0 Å². The summed E-state index contributed by atoms with van der Waals surface area (Å²) in [7, 11) is 0. The zero-order chi connectivity index (χ0) is 15.0. The van der Waals surface area contributed by atoms with Gasteiger partial charge in [-0.2, -0.15) is 11.8 Å². The number of carbonyl (C=O) groups excluding carboxylic acids is 1. The van der Waals surface area contributed by atoms with Crippen molar-refractivity contribution in [2.75, 3.05) is 18.6 Å². The van der Waals surface area contributed by atoms with Gasteiger partial charge in [0.2, 0.25) is 5.91 Å². The van der Waals surface area contributed by atoms with Gasteiger partial charge in [-0.15, -0.1) is 0 Å². The van der Waals surface area contributed by atoms with E-state index in [1.807, 2.05) is 43.5 Å². The quantitative estimate of drug-likeness (QED) is 0.775. The normalized spacial score (nSPS) is 15.4. The van der Waals surface area contributed by atoms with Crippen molar-refractivity contribution in [3.8, 4) is 0 Å². The SMILES string of the molecule is CCC(C(=O)NCC(C)(O)CCSC)c1ccccc1. The zero-order valence-electron chi connectivity index (χ0n) is 12.6. The topological polar surface area (TPSA) is 49.3 Å². The van der Waals surface area contributed by atoms with Gasteiger partial charge in [0.15, 0.2) is 0 Å². The van der Waals surface area contributed by atoms with E-state index in [1.54, 1.807) is 18.7 Å². The van der Waals surface area contributed by atoms with Crippen molar-refractivity contribution in [2.45, 2.75) is 38.2 Å². The number of hydrogen-bond donors (Lipinski definition) is 2. The third kappa shape index (κ3) is 5.55. The highest BCUT2D eigenvalue weighted by Gasteiger charge is 2.24. The summed E-state index contributed by atoms with van der Waals surface area (Å²) >= 11 is 1.70. The summed E-state index contributed by atoms with van der Waals surface area (Å²) in [6.07, 6.45) is 3.44. The van der Waals surface area contributed by atoms with Crippen LogP contribution in [0.3, 0.4) is 0 Å². The minimum absolute atomic E-state index is 0.0110. The maximum absolute atomic E-state index is 12.3. The fraction of sp³-hybridized carbons (Fsp3) is 0.562. The van der Waals surface area contributed by atoms with Crippen molar-refractivity contribution < 1.29 is 9.90 Å². The summed E-state index contributed by atoms with van der Waals surface area (Å²) in [5.74, 6) is 0.731. The van der Waals surface area contributed by atoms with Gasteiger partial charge in [0.1, 0.15) is 0 Å². The fourth-order valence-electron chi connectivity index (χ4n) is 2.07. The van der Waals surface area contributed by atoms with Gasteiger partial charge in [0, 0.05) is 6.54 Å². The third-order valence-electron chi connectivity index (χ3n) is 3.41. The lowest BCUT2D eigenvalue weighted by atomic mass is 9.95. The number of hydrogen-bond acceptors (Lipinski definition) is 3. The second kappa shape index (κ2) is 8.32. The van der Waals surface area contributed by atoms with E-state index in [4.69, 9.17) is 0 Å². The molecule has 0 radical (unpaired) electrons. The van der Waals surface area contributed by atoms with Gasteiger partial charge in [-0.25, -0.2) is 0 Å². The second-order valence-corrected chi connectivity index (χ2v) is 6.31. The number of nitrogens with one attached hydrogen (secondary N) is 1. The number of carbonyl (C=O) groups is 1. The average molecular weight is 295 g/mol. The molecule has 0 heterocycles. The molecule has 0 aromatic heterocycles. The van der Waals surface area contributed by atoms with Crippen LogP contribution in [0.15, 0.2) is 30.3 Å². The van der Waals surface area contributed by atoms with Crippen LogP contribution in [0.25, 0.3) is 0 Å². The Labute approximate surface area is 126 Å². The Kier molecular flexibility index (Phi) is 7.10. The fourth-order valence-corrected chi connectivity index (χ4v) is 2.71. The molecule has 1 aromatic carbocycles. The summed E-state index contributed by atoms with van der Waals surface area (Å²) < 4.78 is 0. The van der Waals surface area contributed by atoms with Crippen molar-refractivity contribution in [1.29, 1.82) is 0 Å². The highest BCUT2D eigenvalue weighted by Crippen LogP contribution is 2.20. The van der Waals surface area contributed by atoms with E-state index >= 15 is 0 Å². The van der Waals surface area contributed by atoms with E-state index in [9.17, 15) is 9.90 Å². The first-order chi connectivity index (χ1) is 9.50. The minimum Gasteiger partial charge on any atom is -0.388 e. The molecule has 0 aliphatic carbocycles. The molecule has 3 nitrogen and oxygen atoms in total. The van der Waals surface area contributed by atoms with E-state index in [0.29, 0.717) is 13.0 Å². The van der Waals surface area contributed by atoms with Gasteiger partial charge in [0.05, 0.1) is 11.5 Å². The van der Waals surface area contributed by atoms with Crippen LogP contribution in [0.4, 0.5) is 0 Å². The maximum atomic E-state index is 12.3. The highest BCUT2D eigenvalue weighted by molar-refractivity contribution is 7.98. The molecule has 0 fully saturated rings. The lowest BCUT2D eigenvalue weighted by Gasteiger charge is -2.25. The first kappa shape index (κ1) is 17.1. The molecule has 0 aliphatic heterocycles. The van der Waals surface area contributed by atoms with E-state index in [2.05, 4.69) is 5.32 Å². The molecule has 1 rings (SSSR count). The van der Waals surface area contributed by atoms with Gasteiger partial charge in [-0.3, -0.25) is 4.79 Å². The molecule has 0 bridgehead atoms. The summed E-state index contributed by atoms with van der Waals surface area (Å²) in [5, 5.41) is 13.1. The van der Waals surface area contributed by atoms with Crippen molar-refractivity contribution in [2.24, 2.45) is 0 Å². The van der Waals surface area contributed by atoms with Crippen LogP contribution in [-0.4, -0.2) is 35.2 Å². The van der Waals surface area contributed by atoms with Crippen molar-refractivity contribution in [3.63, 3.8) is 0 Å². The van der Waals surface area contributed by atoms with Crippen LogP contribution >= 0.6 is 11.8 Å². The number of rotatable bonds is 8. The van der Waals surface area contributed by atoms with Crippen LogP contribution in [0.1, 0.15) is 38.2 Å². The van der Waals surface area contributed by atoms with Crippen LogP contribution < -0.4 is 5.32 Å². The van der Waals surface area contributed by atoms with Gasteiger partial charge in [0.25, 0.3) is 0 Å². The Hall–Kier alpha value is -1.00. The molecule has 0 saturated heterocycles. The van der Waals surface area contributed by atoms with E-state index < -0.39 is 5.60 Å². The summed E-state index contributed by atoms with van der Waals surface area (Å²) in [6, 6.07) is 9.78. The van der Waals surface area contributed by atoms with Crippen molar-refractivity contribution in [3.05, 3.63) is 35.9 Å². The number of thioether (sulfide) groups is 1. The summed E-state index contributed by atoms with van der Waals surface area (Å²) in [4.78, 5) is 12.3. The largest absolute Gasteiger partial charge is 0.388 e. The lowest BCUT2D eigenvalue weighted by Crippen LogP contribution is -2.42. The Balaban J connectivity index is 2.56. The molecule has 20 heavy (non-hydrogen) atoms.